The molecule has 0 fully saturated rings. The summed E-state index contributed by atoms with van der Waals surface area (Å²) in [6.45, 7) is 4.08. The molecule has 132 valence electrons. The van der Waals surface area contributed by atoms with E-state index in [4.69, 9.17) is 4.74 Å². The standard InChI is InChI=1S/C20H20N4O2/c1-13-9-14(2)11-16(10-13)21-19-8-7-18(23-24-19)20(25)22-15-5-4-6-17(12-15)26-3/h4-12H,1-3H3,(H,21,24)(H,22,25). The number of benzene rings is 2. The van der Waals surface area contributed by atoms with E-state index in [9.17, 15) is 4.79 Å². The van der Waals surface area contributed by atoms with E-state index in [1.54, 1.807) is 37.4 Å². The fraction of sp³-hybridized carbons (Fsp3) is 0.150. The van der Waals surface area contributed by atoms with Gasteiger partial charge in [-0.2, -0.15) is 0 Å². The van der Waals surface area contributed by atoms with Gasteiger partial charge in [0.2, 0.25) is 0 Å². The van der Waals surface area contributed by atoms with E-state index in [0.717, 1.165) is 16.8 Å². The molecule has 0 radical (unpaired) electrons. The first-order valence-electron chi connectivity index (χ1n) is 8.18. The molecule has 0 bridgehead atoms. The maximum Gasteiger partial charge on any atom is 0.276 e. The van der Waals surface area contributed by atoms with Crippen molar-refractivity contribution in [1.82, 2.24) is 10.2 Å². The van der Waals surface area contributed by atoms with Crippen molar-refractivity contribution in [3.05, 3.63) is 71.4 Å². The van der Waals surface area contributed by atoms with Crippen molar-refractivity contribution in [2.45, 2.75) is 13.8 Å². The Labute approximate surface area is 152 Å². The number of carbonyl (C=O) groups is 1. The number of ether oxygens (including phenoxy) is 1. The number of hydrogen-bond acceptors (Lipinski definition) is 5. The molecule has 0 aliphatic carbocycles. The van der Waals surface area contributed by atoms with Gasteiger partial charge < -0.3 is 15.4 Å². The second-order valence-corrected chi connectivity index (χ2v) is 5.99. The summed E-state index contributed by atoms with van der Waals surface area (Å²) in [4.78, 5) is 12.3. The molecule has 6 heteroatoms. The van der Waals surface area contributed by atoms with Crippen molar-refractivity contribution in [2.75, 3.05) is 17.7 Å². The van der Waals surface area contributed by atoms with Gasteiger partial charge in [0.05, 0.1) is 7.11 Å². The molecular formula is C20H20N4O2. The first-order chi connectivity index (χ1) is 12.5. The predicted octanol–water partition coefficient (Wildman–Crippen LogP) is 4.10. The van der Waals surface area contributed by atoms with Crippen molar-refractivity contribution < 1.29 is 9.53 Å². The largest absolute Gasteiger partial charge is 0.497 e. The number of nitrogens with one attached hydrogen (secondary N) is 2. The lowest BCUT2D eigenvalue weighted by molar-refractivity contribution is 0.102. The molecule has 3 rings (SSSR count). The average Bonchev–Trinajstić information content (AvgIpc) is 2.61. The van der Waals surface area contributed by atoms with Crippen LogP contribution in [0, 0.1) is 13.8 Å². The molecule has 0 unspecified atom stereocenters. The van der Waals surface area contributed by atoms with E-state index in [-0.39, 0.29) is 11.6 Å². The zero-order valence-corrected chi connectivity index (χ0v) is 14.9. The van der Waals surface area contributed by atoms with Crippen LogP contribution in [0.4, 0.5) is 17.2 Å². The van der Waals surface area contributed by atoms with Crippen LogP contribution < -0.4 is 15.4 Å². The van der Waals surface area contributed by atoms with Crippen LogP contribution in [-0.4, -0.2) is 23.2 Å². The molecule has 0 saturated heterocycles. The highest BCUT2D eigenvalue weighted by molar-refractivity contribution is 6.02. The highest BCUT2D eigenvalue weighted by Gasteiger charge is 2.09. The Morgan fingerprint density at radius 3 is 2.35 bits per heavy atom. The summed E-state index contributed by atoms with van der Waals surface area (Å²) < 4.78 is 5.14. The van der Waals surface area contributed by atoms with Gasteiger partial charge in [0.25, 0.3) is 5.91 Å². The van der Waals surface area contributed by atoms with Crippen molar-refractivity contribution in [3.63, 3.8) is 0 Å². The Kier molecular flexibility index (Phi) is 5.12. The molecule has 0 aliphatic rings. The summed E-state index contributed by atoms with van der Waals surface area (Å²) in [7, 11) is 1.58. The minimum Gasteiger partial charge on any atom is -0.497 e. The monoisotopic (exact) mass is 348 g/mol. The van der Waals surface area contributed by atoms with E-state index in [1.807, 2.05) is 32.0 Å². The average molecular weight is 348 g/mol. The van der Waals surface area contributed by atoms with E-state index in [1.165, 1.54) is 0 Å². The van der Waals surface area contributed by atoms with Crippen LogP contribution in [0.5, 0.6) is 5.75 Å². The molecule has 2 N–H and O–H groups in total. The molecule has 6 nitrogen and oxygen atoms in total. The fourth-order valence-corrected chi connectivity index (χ4v) is 2.61. The SMILES string of the molecule is COc1cccc(NC(=O)c2ccc(Nc3cc(C)cc(C)c3)nn2)c1. The molecular weight excluding hydrogens is 328 g/mol. The molecule has 1 heterocycles. The fourth-order valence-electron chi connectivity index (χ4n) is 2.61. The molecule has 2 aromatic carbocycles. The quantitative estimate of drug-likeness (QED) is 0.726. The van der Waals surface area contributed by atoms with Crippen molar-refractivity contribution in [3.8, 4) is 5.75 Å². The molecule has 1 amide bonds. The number of rotatable bonds is 5. The second kappa shape index (κ2) is 7.65. The molecule has 0 atom stereocenters. The van der Waals surface area contributed by atoms with Crippen LogP contribution in [0.25, 0.3) is 0 Å². The van der Waals surface area contributed by atoms with Gasteiger partial charge in [-0.25, -0.2) is 0 Å². The van der Waals surface area contributed by atoms with E-state index in [0.29, 0.717) is 17.3 Å². The lowest BCUT2D eigenvalue weighted by Gasteiger charge is -2.09. The second-order valence-electron chi connectivity index (χ2n) is 5.99. The van der Waals surface area contributed by atoms with E-state index < -0.39 is 0 Å². The number of anilines is 3. The van der Waals surface area contributed by atoms with Crippen LogP contribution in [0.2, 0.25) is 0 Å². The normalized spacial score (nSPS) is 10.3. The van der Waals surface area contributed by atoms with Crippen LogP contribution in [0.15, 0.2) is 54.6 Å². The summed E-state index contributed by atoms with van der Waals surface area (Å²) >= 11 is 0. The van der Waals surface area contributed by atoms with Gasteiger partial charge in [0.15, 0.2) is 11.5 Å². The Bertz CT molecular complexity index is 903. The first-order valence-corrected chi connectivity index (χ1v) is 8.18. The molecule has 3 aromatic rings. The third-order valence-electron chi connectivity index (χ3n) is 3.72. The van der Waals surface area contributed by atoms with E-state index >= 15 is 0 Å². The Morgan fingerprint density at radius 1 is 0.923 bits per heavy atom. The summed E-state index contributed by atoms with van der Waals surface area (Å²) in [6.07, 6.45) is 0. The van der Waals surface area contributed by atoms with Crippen molar-refractivity contribution >= 4 is 23.1 Å². The topological polar surface area (TPSA) is 76.1 Å². The zero-order chi connectivity index (χ0) is 18.5. The van der Waals surface area contributed by atoms with Crippen LogP contribution in [0.1, 0.15) is 21.6 Å². The molecule has 1 aromatic heterocycles. The van der Waals surface area contributed by atoms with Gasteiger partial charge >= 0.3 is 0 Å². The number of carbonyl (C=O) groups excluding carboxylic acids is 1. The maximum atomic E-state index is 12.3. The Morgan fingerprint density at radius 2 is 1.69 bits per heavy atom. The minimum absolute atomic E-state index is 0.235. The van der Waals surface area contributed by atoms with E-state index in [2.05, 4.69) is 26.9 Å². The Hall–Kier alpha value is -3.41. The van der Waals surface area contributed by atoms with Gasteiger partial charge in [-0.1, -0.05) is 12.1 Å². The number of hydrogen-bond donors (Lipinski definition) is 2. The summed E-state index contributed by atoms with van der Waals surface area (Å²) in [5.74, 6) is 0.915. The van der Waals surface area contributed by atoms with Crippen LogP contribution in [0.3, 0.4) is 0 Å². The number of amides is 1. The number of aromatic nitrogens is 2. The third kappa shape index (κ3) is 4.36. The number of aryl methyl sites for hydroxylation is 2. The van der Waals surface area contributed by atoms with Crippen LogP contribution >= 0.6 is 0 Å². The summed E-state index contributed by atoms with van der Waals surface area (Å²) in [6, 6.07) is 16.6. The molecule has 0 saturated carbocycles. The van der Waals surface area contributed by atoms with Crippen molar-refractivity contribution in [2.24, 2.45) is 0 Å². The zero-order valence-electron chi connectivity index (χ0n) is 14.9. The molecule has 26 heavy (non-hydrogen) atoms. The number of nitrogens with zero attached hydrogens (tertiary/aromatic N) is 2. The third-order valence-corrected chi connectivity index (χ3v) is 3.72. The van der Waals surface area contributed by atoms with Gasteiger partial charge in [-0.15, -0.1) is 10.2 Å². The molecule has 0 aliphatic heterocycles. The van der Waals surface area contributed by atoms with Crippen LogP contribution in [-0.2, 0) is 0 Å². The van der Waals surface area contributed by atoms with Gasteiger partial charge in [-0.05, 0) is 61.4 Å². The Balaban J connectivity index is 1.69. The van der Waals surface area contributed by atoms with Gasteiger partial charge in [0, 0.05) is 17.4 Å². The first kappa shape index (κ1) is 17.4. The smallest absolute Gasteiger partial charge is 0.276 e. The van der Waals surface area contributed by atoms with Gasteiger partial charge in [-0.3, -0.25) is 4.79 Å². The minimum atomic E-state index is -0.330. The predicted molar refractivity (Wildman–Crippen MR) is 102 cm³/mol. The lowest BCUT2D eigenvalue weighted by Crippen LogP contribution is -2.14. The van der Waals surface area contributed by atoms with Gasteiger partial charge in [0.1, 0.15) is 5.75 Å². The molecule has 0 spiro atoms. The lowest BCUT2D eigenvalue weighted by atomic mass is 10.1. The van der Waals surface area contributed by atoms with Crippen molar-refractivity contribution in [1.29, 1.82) is 0 Å². The highest BCUT2D eigenvalue weighted by atomic mass is 16.5. The highest BCUT2D eigenvalue weighted by Crippen LogP contribution is 2.19. The summed E-state index contributed by atoms with van der Waals surface area (Å²) in [5.41, 5.74) is 4.13. The number of methoxy groups -OCH3 is 1. The maximum absolute atomic E-state index is 12.3. The summed E-state index contributed by atoms with van der Waals surface area (Å²) in [5, 5.41) is 14.1.